The van der Waals surface area contributed by atoms with Gasteiger partial charge in [-0.05, 0) is 12.8 Å². The number of carboxylic acid groups (broad SMARTS) is 2. The lowest BCUT2D eigenvalue weighted by molar-refractivity contribution is -0.137. The number of rotatable bonds is 7. The highest BCUT2D eigenvalue weighted by Gasteiger charge is 1.97. The van der Waals surface area contributed by atoms with Gasteiger partial charge in [-0.1, -0.05) is 12.8 Å². The maximum atomic E-state index is 10.1. The van der Waals surface area contributed by atoms with Crippen LogP contribution in [0.3, 0.4) is 0 Å². The molecule has 0 atom stereocenters. The van der Waals surface area contributed by atoms with Gasteiger partial charge in [-0.15, -0.1) is 0 Å². The summed E-state index contributed by atoms with van der Waals surface area (Å²) < 4.78 is 0. The predicted octanol–water partition coefficient (Wildman–Crippen LogP) is 1.29. The summed E-state index contributed by atoms with van der Waals surface area (Å²) in [5.74, 6) is -0.774. The highest BCUT2D eigenvalue weighted by atomic mass is 16.4. The van der Waals surface area contributed by atoms with Gasteiger partial charge in [-0.3, -0.25) is 4.79 Å². The first-order chi connectivity index (χ1) is 6.13. The summed E-state index contributed by atoms with van der Waals surface area (Å²) in [6, 6.07) is 0. The first kappa shape index (κ1) is 11.7. The van der Waals surface area contributed by atoms with Crippen molar-refractivity contribution in [1.29, 1.82) is 0 Å². The molecule has 0 unspecified atom stereocenters. The Kier molecular flexibility index (Phi) is 6.68. The fourth-order valence-electron chi connectivity index (χ4n) is 0.950. The molecule has 0 rings (SSSR count). The molecule has 0 aromatic carbocycles. The number of carbonyl (C=O) groups is 2. The molecule has 13 heavy (non-hydrogen) atoms. The van der Waals surface area contributed by atoms with Gasteiger partial charge in [-0.2, -0.15) is 0 Å². The van der Waals surface area contributed by atoms with Gasteiger partial charge in [0.15, 0.2) is 0 Å². The van der Waals surface area contributed by atoms with Crippen molar-refractivity contribution in [3.63, 3.8) is 0 Å². The van der Waals surface area contributed by atoms with Crippen molar-refractivity contribution in [2.45, 2.75) is 32.1 Å². The molecule has 76 valence electrons. The number of hydrogen-bond donors (Lipinski definition) is 3. The third kappa shape index (κ3) is 10.7. The average Bonchev–Trinajstić information content (AvgIpc) is 2.01. The normalized spacial score (nSPS) is 9.54. The second kappa shape index (κ2) is 7.39. The molecule has 0 fully saturated rings. The van der Waals surface area contributed by atoms with Gasteiger partial charge < -0.3 is 15.5 Å². The minimum absolute atomic E-state index is 0.201. The van der Waals surface area contributed by atoms with E-state index in [1.54, 1.807) is 0 Å². The first-order valence-electron chi connectivity index (χ1n) is 4.31. The van der Waals surface area contributed by atoms with E-state index >= 15 is 0 Å². The summed E-state index contributed by atoms with van der Waals surface area (Å²) in [4.78, 5) is 20.1. The average molecular weight is 189 g/mol. The summed E-state index contributed by atoms with van der Waals surface area (Å²) in [5.41, 5.74) is 0. The number of unbranched alkanes of at least 4 members (excludes halogenated alkanes) is 3. The Morgan fingerprint density at radius 3 is 2.15 bits per heavy atom. The molecular formula is C8H15NO4. The van der Waals surface area contributed by atoms with E-state index < -0.39 is 12.1 Å². The smallest absolute Gasteiger partial charge is 0.404 e. The molecule has 3 N–H and O–H groups in total. The summed E-state index contributed by atoms with van der Waals surface area (Å²) in [6.45, 7) is 0.447. The maximum Gasteiger partial charge on any atom is 0.404 e. The maximum absolute atomic E-state index is 10.1. The van der Waals surface area contributed by atoms with E-state index in [-0.39, 0.29) is 6.42 Å². The first-order valence-corrected chi connectivity index (χ1v) is 4.31. The van der Waals surface area contributed by atoms with Gasteiger partial charge in [-0.25, -0.2) is 4.79 Å². The number of aliphatic carboxylic acids is 1. The van der Waals surface area contributed by atoms with Gasteiger partial charge >= 0.3 is 12.1 Å². The molecule has 0 aromatic rings. The highest BCUT2D eigenvalue weighted by Crippen LogP contribution is 2.01. The van der Waals surface area contributed by atoms with Crippen molar-refractivity contribution >= 4 is 12.1 Å². The van der Waals surface area contributed by atoms with Gasteiger partial charge in [0.2, 0.25) is 0 Å². The van der Waals surface area contributed by atoms with Crippen LogP contribution in [0.2, 0.25) is 0 Å². The van der Waals surface area contributed by atoms with E-state index in [1.807, 2.05) is 0 Å². The summed E-state index contributed by atoms with van der Waals surface area (Å²) in [5, 5.41) is 18.7. The molecule has 1 amide bonds. The summed E-state index contributed by atoms with van der Waals surface area (Å²) in [6.07, 6.45) is 2.34. The van der Waals surface area contributed by atoms with Crippen molar-refractivity contribution in [2.24, 2.45) is 0 Å². The van der Waals surface area contributed by atoms with E-state index in [2.05, 4.69) is 5.32 Å². The molecule has 0 radical (unpaired) electrons. The van der Waals surface area contributed by atoms with Gasteiger partial charge in [0.25, 0.3) is 0 Å². The van der Waals surface area contributed by atoms with Crippen LogP contribution in [0.15, 0.2) is 0 Å². The second-order valence-corrected chi connectivity index (χ2v) is 2.79. The van der Waals surface area contributed by atoms with Crippen LogP contribution >= 0.6 is 0 Å². The lowest BCUT2D eigenvalue weighted by Gasteiger charge is -1.99. The largest absolute Gasteiger partial charge is 0.481 e. The Balaban J connectivity index is 3.00. The van der Waals surface area contributed by atoms with Gasteiger partial charge in [0.1, 0.15) is 0 Å². The Morgan fingerprint density at radius 1 is 1.00 bits per heavy atom. The summed E-state index contributed by atoms with van der Waals surface area (Å²) in [7, 11) is 0. The van der Waals surface area contributed by atoms with E-state index in [1.165, 1.54) is 0 Å². The van der Waals surface area contributed by atoms with Crippen molar-refractivity contribution in [1.82, 2.24) is 5.32 Å². The number of amides is 1. The topological polar surface area (TPSA) is 86.6 Å². The Morgan fingerprint density at radius 2 is 1.62 bits per heavy atom. The number of nitrogens with one attached hydrogen (secondary N) is 1. The number of hydrogen-bond acceptors (Lipinski definition) is 2. The standard InChI is InChI=1S/C8H15NO4/c10-7(11)5-3-1-2-4-6-9-8(12)13/h9H,1-6H2,(H,10,11)(H,12,13). The molecule has 0 spiro atoms. The highest BCUT2D eigenvalue weighted by molar-refractivity contribution is 5.66. The SMILES string of the molecule is O=C(O)CCCCCCNC(=O)O. The fraction of sp³-hybridized carbons (Fsp3) is 0.750. The zero-order valence-electron chi connectivity index (χ0n) is 7.45. The Labute approximate surface area is 76.8 Å². The van der Waals surface area contributed by atoms with Crippen LogP contribution in [0.25, 0.3) is 0 Å². The molecule has 5 nitrogen and oxygen atoms in total. The fourth-order valence-corrected chi connectivity index (χ4v) is 0.950. The predicted molar refractivity (Wildman–Crippen MR) is 46.7 cm³/mol. The molecule has 0 saturated heterocycles. The molecule has 0 heterocycles. The van der Waals surface area contributed by atoms with Crippen LogP contribution in [-0.4, -0.2) is 28.8 Å². The van der Waals surface area contributed by atoms with Crippen molar-refractivity contribution in [3.05, 3.63) is 0 Å². The zero-order chi connectivity index (χ0) is 10.1. The van der Waals surface area contributed by atoms with E-state index in [9.17, 15) is 9.59 Å². The summed E-state index contributed by atoms with van der Waals surface area (Å²) >= 11 is 0. The van der Waals surface area contributed by atoms with Gasteiger partial charge in [0.05, 0.1) is 0 Å². The molecule has 0 aliphatic heterocycles. The van der Waals surface area contributed by atoms with Crippen LogP contribution in [0.1, 0.15) is 32.1 Å². The molecule has 0 bridgehead atoms. The van der Waals surface area contributed by atoms with E-state index in [0.29, 0.717) is 13.0 Å². The van der Waals surface area contributed by atoms with Crippen molar-refractivity contribution < 1.29 is 19.8 Å². The number of carboxylic acids is 1. The minimum atomic E-state index is -1.01. The van der Waals surface area contributed by atoms with Crippen LogP contribution in [0.5, 0.6) is 0 Å². The van der Waals surface area contributed by atoms with Crippen molar-refractivity contribution in [3.8, 4) is 0 Å². The monoisotopic (exact) mass is 189 g/mol. The van der Waals surface area contributed by atoms with Crippen LogP contribution < -0.4 is 5.32 Å². The zero-order valence-corrected chi connectivity index (χ0v) is 7.45. The molecule has 5 heteroatoms. The van der Waals surface area contributed by atoms with Crippen molar-refractivity contribution in [2.75, 3.05) is 6.54 Å². The minimum Gasteiger partial charge on any atom is -0.481 e. The molecule has 0 aliphatic carbocycles. The molecule has 0 saturated carbocycles. The lowest BCUT2D eigenvalue weighted by Crippen LogP contribution is -2.21. The third-order valence-corrected chi connectivity index (χ3v) is 1.59. The molecule has 0 aromatic heterocycles. The van der Waals surface area contributed by atoms with E-state index in [0.717, 1.165) is 19.3 Å². The molecule has 0 aliphatic rings. The second-order valence-electron chi connectivity index (χ2n) is 2.79. The third-order valence-electron chi connectivity index (χ3n) is 1.59. The van der Waals surface area contributed by atoms with E-state index in [4.69, 9.17) is 10.2 Å². The van der Waals surface area contributed by atoms with Crippen LogP contribution in [-0.2, 0) is 4.79 Å². The molecular weight excluding hydrogens is 174 g/mol. The Bertz CT molecular complexity index is 152. The quantitative estimate of drug-likeness (QED) is 0.526. The lowest BCUT2D eigenvalue weighted by atomic mass is 10.1. The van der Waals surface area contributed by atoms with Crippen LogP contribution in [0, 0.1) is 0 Å². The van der Waals surface area contributed by atoms with Gasteiger partial charge in [0, 0.05) is 13.0 Å². The Hall–Kier alpha value is -1.26. The van der Waals surface area contributed by atoms with Crippen LogP contribution in [0.4, 0.5) is 4.79 Å².